The van der Waals surface area contributed by atoms with Crippen molar-refractivity contribution in [3.8, 4) is 5.75 Å². The predicted octanol–water partition coefficient (Wildman–Crippen LogP) is -0.334. The highest BCUT2D eigenvalue weighted by molar-refractivity contribution is 5.99. The fourth-order valence-corrected chi connectivity index (χ4v) is 2.31. The number of ether oxygens (including phenoxy) is 3. The fourth-order valence-electron chi connectivity index (χ4n) is 2.31. The lowest BCUT2D eigenvalue weighted by Gasteiger charge is -2.21. The Morgan fingerprint density at radius 1 is 1.29 bits per heavy atom. The Kier molecular flexibility index (Phi) is 4.32. The van der Waals surface area contributed by atoms with E-state index in [2.05, 4.69) is 5.32 Å². The van der Waals surface area contributed by atoms with Gasteiger partial charge in [-0.1, -0.05) is 18.2 Å². The quantitative estimate of drug-likeness (QED) is 0.430. The first-order valence-electron chi connectivity index (χ1n) is 7.24. The number of nitrogens with one attached hydrogen (secondary N) is 1. The normalized spacial score (nSPS) is 25.8. The highest BCUT2D eigenvalue weighted by atomic mass is 16.7. The number of aliphatic hydroxyl groups excluding tert-OH is 1. The van der Waals surface area contributed by atoms with Crippen LogP contribution >= 0.6 is 0 Å². The lowest BCUT2D eigenvalue weighted by molar-refractivity contribution is -0.170. The van der Waals surface area contributed by atoms with Gasteiger partial charge in [0.1, 0.15) is 24.1 Å². The van der Waals surface area contributed by atoms with Crippen molar-refractivity contribution < 1.29 is 33.7 Å². The molecule has 4 atom stereocenters. The SMILES string of the molecule is CC(=O)OC(Oc1ccccc1)C(=O)NC1=CC(=O)C2OC2C1O. The van der Waals surface area contributed by atoms with Crippen LogP contribution in [0.2, 0.25) is 0 Å². The number of benzene rings is 1. The topological polar surface area (TPSA) is 114 Å². The van der Waals surface area contributed by atoms with Crippen LogP contribution in [0.15, 0.2) is 42.1 Å². The van der Waals surface area contributed by atoms with E-state index in [1.165, 1.54) is 0 Å². The molecule has 4 unspecified atom stereocenters. The maximum absolute atomic E-state index is 12.3. The lowest BCUT2D eigenvalue weighted by atomic mass is 10.0. The number of rotatable bonds is 5. The van der Waals surface area contributed by atoms with Crippen molar-refractivity contribution in [2.75, 3.05) is 0 Å². The predicted molar refractivity (Wildman–Crippen MR) is 78.5 cm³/mol. The second-order valence-corrected chi connectivity index (χ2v) is 5.33. The average Bonchev–Trinajstić information content (AvgIpc) is 3.33. The van der Waals surface area contributed by atoms with E-state index in [1.807, 2.05) is 0 Å². The Morgan fingerprint density at radius 2 is 2.00 bits per heavy atom. The van der Waals surface area contributed by atoms with Gasteiger partial charge in [0.15, 0.2) is 5.78 Å². The third-order valence-corrected chi connectivity index (χ3v) is 3.47. The number of ketones is 1. The van der Waals surface area contributed by atoms with E-state index in [4.69, 9.17) is 14.2 Å². The molecular weight excluding hydrogens is 318 g/mol. The van der Waals surface area contributed by atoms with Gasteiger partial charge in [-0.2, -0.15) is 0 Å². The van der Waals surface area contributed by atoms with Gasteiger partial charge in [0, 0.05) is 13.0 Å². The Balaban J connectivity index is 1.71. The van der Waals surface area contributed by atoms with E-state index in [1.54, 1.807) is 30.3 Å². The molecule has 0 aromatic heterocycles. The Bertz CT molecular complexity index is 700. The first-order chi connectivity index (χ1) is 11.5. The number of fused-ring (bicyclic) bond motifs is 1. The summed E-state index contributed by atoms with van der Waals surface area (Å²) >= 11 is 0. The first-order valence-corrected chi connectivity index (χ1v) is 7.24. The van der Waals surface area contributed by atoms with Gasteiger partial charge in [-0.05, 0) is 12.1 Å². The van der Waals surface area contributed by atoms with Gasteiger partial charge in [-0.3, -0.25) is 14.4 Å². The van der Waals surface area contributed by atoms with Crippen molar-refractivity contribution >= 4 is 17.7 Å². The number of epoxide rings is 1. The largest absolute Gasteiger partial charge is 0.446 e. The first kappa shape index (κ1) is 16.2. The Hall–Kier alpha value is -2.71. The molecule has 1 aromatic carbocycles. The van der Waals surface area contributed by atoms with Gasteiger partial charge < -0.3 is 24.6 Å². The molecule has 1 aliphatic heterocycles. The molecule has 8 heteroatoms. The van der Waals surface area contributed by atoms with E-state index in [9.17, 15) is 19.5 Å². The average molecular weight is 333 g/mol. The molecule has 1 aliphatic carbocycles. The maximum atomic E-state index is 12.3. The summed E-state index contributed by atoms with van der Waals surface area (Å²) in [6.07, 6.45) is -2.90. The van der Waals surface area contributed by atoms with E-state index in [0.717, 1.165) is 13.0 Å². The summed E-state index contributed by atoms with van der Waals surface area (Å²) in [7, 11) is 0. The van der Waals surface area contributed by atoms with Crippen molar-refractivity contribution in [3.63, 3.8) is 0 Å². The number of carbonyl (C=O) groups excluding carboxylic acids is 3. The highest BCUT2D eigenvalue weighted by Gasteiger charge is 2.53. The molecule has 1 aromatic rings. The monoisotopic (exact) mass is 333 g/mol. The van der Waals surface area contributed by atoms with Crippen molar-refractivity contribution in [3.05, 3.63) is 42.1 Å². The molecule has 1 fully saturated rings. The second-order valence-electron chi connectivity index (χ2n) is 5.33. The number of hydrogen-bond donors (Lipinski definition) is 2. The highest BCUT2D eigenvalue weighted by Crippen LogP contribution is 2.33. The zero-order valence-electron chi connectivity index (χ0n) is 12.7. The number of carbonyl (C=O) groups is 3. The maximum Gasteiger partial charge on any atom is 0.324 e. The second kappa shape index (κ2) is 6.42. The molecule has 1 amide bonds. The molecule has 1 saturated heterocycles. The molecule has 0 saturated carbocycles. The smallest absolute Gasteiger partial charge is 0.324 e. The van der Waals surface area contributed by atoms with Gasteiger partial charge in [-0.15, -0.1) is 0 Å². The van der Waals surface area contributed by atoms with Crippen LogP contribution in [0.5, 0.6) is 5.75 Å². The molecule has 3 rings (SSSR count). The van der Waals surface area contributed by atoms with Crippen LogP contribution in [0.1, 0.15) is 6.92 Å². The van der Waals surface area contributed by atoms with E-state index in [0.29, 0.717) is 5.75 Å². The van der Waals surface area contributed by atoms with E-state index in [-0.39, 0.29) is 11.5 Å². The molecule has 1 heterocycles. The summed E-state index contributed by atoms with van der Waals surface area (Å²) in [5.74, 6) is -1.57. The minimum absolute atomic E-state index is 0.0161. The molecule has 126 valence electrons. The lowest BCUT2D eigenvalue weighted by Crippen LogP contribution is -2.45. The van der Waals surface area contributed by atoms with E-state index >= 15 is 0 Å². The third kappa shape index (κ3) is 3.44. The van der Waals surface area contributed by atoms with Crippen LogP contribution in [-0.2, 0) is 23.9 Å². The van der Waals surface area contributed by atoms with Crippen LogP contribution < -0.4 is 10.1 Å². The summed E-state index contributed by atoms with van der Waals surface area (Å²) in [4.78, 5) is 35.1. The Morgan fingerprint density at radius 3 is 2.67 bits per heavy atom. The standard InChI is InChI=1S/C16H15NO7/c1-8(18)22-16(23-9-5-3-2-4-6-9)15(21)17-10-7-11(19)13-14(24-13)12(10)20/h2-7,12-14,16,20H,1H3,(H,17,21). The van der Waals surface area contributed by atoms with Crippen molar-refractivity contribution in [1.29, 1.82) is 0 Å². The molecule has 0 bridgehead atoms. The summed E-state index contributed by atoms with van der Waals surface area (Å²) in [6, 6.07) is 8.31. The van der Waals surface area contributed by atoms with Gasteiger partial charge in [0.2, 0.25) is 0 Å². The van der Waals surface area contributed by atoms with E-state index < -0.39 is 36.5 Å². The van der Waals surface area contributed by atoms with Gasteiger partial charge in [0.25, 0.3) is 0 Å². The molecule has 0 radical (unpaired) electrons. The minimum Gasteiger partial charge on any atom is -0.446 e. The van der Waals surface area contributed by atoms with Crippen LogP contribution in [0, 0.1) is 0 Å². The van der Waals surface area contributed by atoms with Crippen molar-refractivity contribution in [2.24, 2.45) is 0 Å². The molecule has 2 N–H and O–H groups in total. The van der Waals surface area contributed by atoms with Crippen LogP contribution in [-0.4, -0.2) is 47.4 Å². The van der Waals surface area contributed by atoms with Gasteiger partial charge in [0.05, 0.1) is 5.70 Å². The molecule has 0 spiro atoms. The summed E-state index contributed by atoms with van der Waals surface area (Å²) < 4.78 is 15.2. The summed E-state index contributed by atoms with van der Waals surface area (Å²) in [5.41, 5.74) is -0.0161. The number of esters is 1. The number of amides is 1. The van der Waals surface area contributed by atoms with Crippen LogP contribution in [0.4, 0.5) is 0 Å². The number of aliphatic hydroxyl groups is 1. The zero-order valence-corrected chi connectivity index (χ0v) is 12.7. The molecule has 2 aliphatic rings. The molecular formula is C16H15NO7. The number of hydrogen-bond acceptors (Lipinski definition) is 7. The van der Waals surface area contributed by atoms with Crippen molar-refractivity contribution in [1.82, 2.24) is 5.32 Å². The third-order valence-electron chi connectivity index (χ3n) is 3.47. The van der Waals surface area contributed by atoms with Gasteiger partial charge in [-0.25, -0.2) is 0 Å². The van der Waals surface area contributed by atoms with Gasteiger partial charge >= 0.3 is 18.2 Å². The summed E-state index contributed by atoms with van der Waals surface area (Å²) in [6.45, 7) is 1.13. The fraction of sp³-hybridized carbons (Fsp3) is 0.312. The zero-order chi connectivity index (χ0) is 17.3. The number of para-hydroxylation sites is 1. The molecule has 8 nitrogen and oxygen atoms in total. The molecule has 24 heavy (non-hydrogen) atoms. The Labute approximate surface area is 137 Å². The van der Waals surface area contributed by atoms with Crippen LogP contribution in [0.3, 0.4) is 0 Å². The minimum atomic E-state index is -1.56. The van der Waals surface area contributed by atoms with Crippen molar-refractivity contribution in [2.45, 2.75) is 31.5 Å². The summed E-state index contributed by atoms with van der Waals surface area (Å²) in [5, 5.41) is 12.3. The van der Waals surface area contributed by atoms with Crippen LogP contribution in [0.25, 0.3) is 0 Å².